The van der Waals surface area contributed by atoms with Crippen LogP contribution in [0.1, 0.15) is 115 Å². The van der Waals surface area contributed by atoms with E-state index in [0.29, 0.717) is 35.5 Å². The van der Waals surface area contributed by atoms with E-state index >= 15 is 0 Å². The lowest BCUT2D eigenvalue weighted by Gasteiger charge is -2.42. The SMILES string of the molecule is CC#CCOc1ccc2cc(C3(c4ccc(C(C)(C)c5ccc(C6(c7ccc8cc(OCC#CC)ccc8c7)c7ccccc7C(=O)c7ccccc76)cc5)cc4)c4ccccc4C(=O)c4ccccc43)ccc2c1. The van der Waals surface area contributed by atoms with Gasteiger partial charge in [-0.3, -0.25) is 9.59 Å². The molecule has 10 aromatic carbocycles. The van der Waals surface area contributed by atoms with Crippen molar-refractivity contribution in [2.45, 2.75) is 43.9 Å². The predicted octanol–water partition coefficient (Wildman–Crippen LogP) is 15.0. The first-order valence-corrected chi connectivity index (χ1v) is 25.5. The molecule has 0 amide bonds. The molecule has 4 nitrogen and oxygen atoms in total. The van der Waals surface area contributed by atoms with E-state index in [2.05, 4.69) is 171 Å². The highest BCUT2D eigenvalue weighted by Crippen LogP contribution is 2.54. The minimum absolute atomic E-state index is 0.0305. The zero-order chi connectivity index (χ0) is 51.3. The second-order valence-electron chi connectivity index (χ2n) is 20.0. The number of hydrogen-bond donors (Lipinski definition) is 0. The van der Waals surface area contributed by atoms with Gasteiger partial charge in [0.2, 0.25) is 0 Å². The van der Waals surface area contributed by atoms with Crippen LogP contribution in [0.15, 0.2) is 218 Å². The third-order valence-electron chi connectivity index (χ3n) is 15.8. The lowest BCUT2D eigenvalue weighted by molar-refractivity contribution is 0.102. The van der Waals surface area contributed by atoms with Gasteiger partial charge in [0.25, 0.3) is 0 Å². The van der Waals surface area contributed by atoms with Crippen LogP contribution in [0.4, 0.5) is 0 Å². The van der Waals surface area contributed by atoms with Gasteiger partial charge in [0, 0.05) is 27.7 Å². The summed E-state index contributed by atoms with van der Waals surface area (Å²) in [4.78, 5) is 28.7. The van der Waals surface area contributed by atoms with Crippen LogP contribution in [0, 0.1) is 23.7 Å². The van der Waals surface area contributed by atoms with E-state index in [4.69, 9.17) is 9.47 Å². The molecule has 0 N–H and O–H groups in total. The van der Waals surface area contributed by atoms with Crippen LogP contribution < -0.4 is 9.47 Å². The van der Waals surface area contributed by atoms with Gasteiger partial charge in [0.05, 0.1) is 10.8 Å². The fourth-order valence-electron chi connectivity index (χ4n) is 12.1. The van der Waals surface area contributed by atoms with E-state index in [9.17, 15) is 9.59 Å². The molecule has 0 spiro atoms. The maximum Gasteiger partial charge on any atom is 0.193 e. The molecule has 0 saturated heterocycles. The summed E-state index contributed by atoms with van der Waals surface area (Å²) in [6.45, 7) is 8.84. The second-order valence-corrected chi connectivity index (χ2v) is 20.0. The van der Waals surface area contributed by atoms with Crippen molar-refractivity contribution >= 4 is 33.1 Å². The first kappa shape index (κ1) is 46.8. The molecule has 360 valence electrons. The summed E-state index contributed by atoms with van der Waals surface area (Å²) in [7, 11) is 0. The van der Waals surface area contributed by atoms with E-state index in [-0.39, 0.29) is 11.6 Å². The molecule has 0 unspecified atom stereocenters. The maximum atomic E-state index is 14.4. The Kier molecular flexibility index (Phi) is 11.7. The van der Waals surface area contributed by atoms with E-state index < -0.39 is 16.2 Å². The van der Waals surface area contributed by atoms with Gasteiger partial charge in [-0.2, -0.15) is 0 Å². The topological polar surface area (TPSA) is 52.6 Å². The van der Waals surface area contributed by atoms with Crippen molar-refractivity contribution in [3.8, 4) is 35.2 Å². The number of rotatable bonds is 10. The van der Waals surface area contributed by atoms with Gasteiger partial charge >= 0.3 is 0 Å². The maximum absolute atomic E-state index is 14.4. The van der Waals surface area contributed by atoms with Crippen LogP contribution >= 0.6 is 0 Å². The minimum Gasteiger partial charge on any atom is -0.481 e. The van der Waals surface area contributed by atoms with Crippen molar-refractivity contribution in [2.24, 2.45) is 0 Å². The van der Waals surface area contributed by atoms with Gasteiger partial charge in [-0.1, -0.05) is 208 Å². The van der Waals surface area contributed by atoms with Gasteiger partial charge in [-0.15, -0.1) is 11.8 Å². The molecule has 0 bridgehead atoms. The number of carbonyl (C=O) groups is 2. The highest BCUT2D eigenvalue weighted by atomic mass is 16.5. The second kappa shape index (κ2) is 18.7. The van der Waals surface area contributed by atoms with Crippen molar-refractivity contribution in [2.75, 3.05) is 13.2 Å². The van der Waals surface area contributed by atoms with E-state index in [1.54, 1.807) is 0 Å². The van der Waals surface area contributed by atoms with Crippen molar-refractivity contribution in [3.05, 3.63) is 296 Å². The number of benzene rings is 10. The normalized spacial score (nSPS) is 13.8. The highest BCUT2D eigenvalue weighted by molar-refractivity contribution is 6.15. The largest absolute Gasteiger partial charge is 0.481 e. The van der Waals surface area contributed by atoms with Crippen molar-refractivity contribution in [1.29, 1.82) is 0 Å². The Morgan fingerprint density at radius 1 is 0.373 bits per heavy atom. The molecule has 0 heterocycles. The zero-order valence-electron chi connectivity index (χ0n) is 42.3. The number of ether oxygens (including phenoxy) is 2. The molecule has 0 fully saturated rings. The van der Waals surface area contributed by atoms with Crippen LogP contribution in [-0.2, 0) is 16.2 Å². The zero-order valence-corrected chi connectivity index (χ0v) is 42.3. The van der Waals surface area contributed by atoms with Crippen molar-refractivity contribution < 1.29 is 19.1 Å². The van der Waals surface area contributed by atoms with Gasteiger partial charge in [-0.25, -0.2) is 0 Å². The first-order chi connectivity index (χ1) is 36.7. The van der Waals surface area contributed by atoms with Crippen molar-refractivity contribution in [3.63, 3.8) is 0 Å². The lowest BCUT2D eigenvalue weighted by Crippen LogP contribution is -2.38. The summed E-state index contributed by atoms with van der Waals surface area (Å²) in [5, 5.41) is 4.25. The third-order valence-corrected chi connectivity index (χ3v) is 15.8. The average molecular weight is 969 g/mol. The molecular formula is C71H52O4. The molecular weight excluding hydrogens is 917 g/mol. The molecule has 2 aliphatic carbocycles. The quantitative estimate of drug-likeness (QED) is 0.128. The number of hydrogen-bond acceptors (Lipinski definition) is 4. The molecule has 0 radical (unpaired) electrons. The van der Waals surface area contributed by atoms with Gasteiger partial charge in [0.15, 0.2) is 11.6 Å². The summed E-state index contributed by atoms with van der Waals surface area (Å²) in [6, 6.07) is 76.1. The Balaban J connectivity index is 0.972. The predicted molar refractivity (Wildman–Crippen MR) is 301 cm³/mol. The van der Waals surface area contributed by atoms with Gasteiger partial charge in [-0.05, 0) is 127 Å². The van der Waals surface area contributed by atoms with Crippen molar-refractivity contribution in [1.82, 2.24) is 0 Å². The Hall–Kier alpha value is -9.22. The summed E-state index contributed by atoms with van der Waals surface area (Å²) in [5.74, 6) is 13.4. The van der Waals surface area contributed by atoms with Crippen LogP contribution in [-0.4, -0.2) is 24.8 Å². The highest BCUT2D eigenvalue weighted by Gasteiger charge is 2.48. The van der Waals surface area contributed by atoms with Crippen LogP contribution in [0.2, 0.25) is 0 Å². The average Bonchev–Trinajstić information content (AvgIpc) is 3.46. The number of fused-ring (bicyclic) bond motifs is 6. The summed E-state index contributed by atoms with van der Waals surface area (Å²) < 4.78 is 11.9. The third kappa shape index (κ3) is 7.48. The van der Waals surface area contributed by atoms with Crippen LogP contribution in [0.5, 0.6) is 11.5 Å². The van der Waals surface area contributed by atoms with E-state index in [1.807, 2.05) is 98.8 Å². The smallest absolute Gasteiger partial charge is 0.193 e. The van der Waals surface area contributed by atoms with E-state index in [0.717, 1.165) is 88.7 Å². The monoisotopic (exact) mass is 968 g/mol. The molecule has 0 aromatic heterocycles. The Morgan fingerprint density at radius 3 is 1.03 bits per heavy atom. The molecule has 0 atom stereocenters. The molecule has 4 heteroatoms. The lowest BCUT2D eigenvalue weighted by atomic mass is 9.59. The Bertz CT molecular complexity index is 3700. The molecule has 0 saturated carbocycles. The first-order valence-electron chi connectivity index (χ1n) is 25.5. The molecule has 75 heavy (non-hydrogen) atoms. The molecule has 0 aliphatic heterocycles. The minimum atomic E-state index is -0.809. The van der Waals surface area contributed by atoms with Gasteiger partial charge < -0.3 is 9.47 Å². The Labute approximate surface area is 438 Å². The van der Waals surface area contributed by atoms with Gasteiger partial charge in [0.1, 0.15) is 24.7 Å². The standard InChI is InChI=1S/C71H52O4/c1-5-7-41-74-57-39-27-47-43-55(29-25-49(47)45-57)70(63-21-13-9-17-59(63)67(72)60-18-10-14-22-64(60)70)53-35-31-51(32-36-53)69(3,4)52-33-37-54(38-34-52)71(56-30-26-50-46-58(75-42-8-6-2)40-28-48(50)44-56)65-23-15-11-19-61(65)68(73)62-20-12-16-24-66(62)71/h9-40,43-46H,41-42H2,1-4H3. The fraction of sp³-hybridized carbons (Fsp3) is 0.127. The summed E-state index contributed by atoms with van der Waals surface area (Å²) in [5.41, 5.74) is 11.2. The molecule has 2 aliphatic rings. The summed E-state index contributed by atoms with van der Waals surface area (Å²) >= 11 is 0. The fourth-order valence-corrected chi connectivity index (χ4v) is 12.1. The van der Waals surface area contributed by atoms with E-state index in [1.165, 1.54) is 0 Å². The van der Waals surface area contributed by atoms with Crippen LogP contribution in [0.3, 0.4) is 0 Å². The Morgan fingerprint density at radius 2 is 0.680 bits per heavy atom. The molecule has 10 aromatic rings. The number of ketones is 2. The molecule has 12 rings (SSSR count). The summed E-state index contributed by atoms with van der Waals surface area (Å²) in [6.07, 6.45) is 0. The number of carbonyl (C=O) groups excluding carboxylic acids is 2. The van der Waals surface area contributed by atoms with Crippen LogP contribution in [0.25, 0.3) is 21.5 Å².